The van der Waals surface area contributed by atoms with Crippen molar-refractivity contribution in [3.63, 3.8) is 0 Å². The first kappa shape index (κ1) is 10.9. The van der Waals surface area contributed by atoms with Crippen LogP contribution in [-0.2, 0) is 0 Å². The Morgan fingerprint density at radius 3 is 2.36 bits per heavy atom. The van der Waals surface area contributed by atoms with Crippen LogP contribution in [0.3, 0.4) is 0 Å². The number of rotatable bonds is 5. The van der Waals surface area contributed by atoms with Gasteiger partial charge in [-0.2, -0.15) is 0 Å². The fourth-order valence-corrected chi connectivity index (χ4v) is 0.990. The van der Waals surface area contributed by atoms with Crippen molar-refractivity contribution < 1.29 is 5.11 Å². The summed E-state index contributed by atoms with van der Waals surface area (Å²) in [5, 5.41) is 8.98. The van der Waals surface area contributed by atoms with Crippen molar-refractivity contribution in [1.29, 1.82) is 0 Å². The SMILES string of the molecule is CC(N)CN(C)CCC(C)O. The first-order chi connectivity index (χ1) is 5.02. The topological polar surface area (TPSA) is 49.5 Å². The van der Waals surface area contributed by atoms with Crippen molar-refractivity contribution in [2.24, 2.45) is 5.73 Å². The van der Waals surface area contributed by atoms with Crippen LogP contribution in [0.2, 0.25) is 0 Å². The van der Waals surface area contributed by atoms with Crippen molar-refractivity contribution in [2.75, 3.05) is 20.1 Å². The Morgan fingerprint density at radius 1 is 1.45 bits per heavy atom. The number of nitrogens with zero attached hydrogens (tertiary/aromatic N) is 1. The van der Waals surface area contributed by atoms with Gasteiger partial charge in [-0.25, -0.2) is 0 Å². The van der Waals surface area contributed by atoms with E-state index in [9.17, 15) is 0 Å². The maximum Gasteiger partial charge on any atom is 0.0524 e. The molecule has 0 aliphatic heterocycles. The number of aliphatic hydroxyl groups excluding tert-OH is 1. The van der Waals surface area contributed by atoms with Gasteiger partial charge in [-0.15, -0.1) is 0 Å². The molecule has 0 saturated heterocycles. The molecule has 3 heteroatoms. The molecule has 0 radical (unpaired) electrons. The van der Waals surface area contributed by atoms with Crippen LogP contribution in [0.4, 0.5) is 0 Å². The van der Waals surface area contributed by atoms with Gasteiger partial charge >= 0.3 is 0 Å². The number of nitrogens with two attached hydrogens (primary N) is 1. The van der Waals surface area contributed by atoms with Gasteiger partial charge in [-0.05, 0) is 27.3 Å². The second-order valence-corrected chi connectivity index (χ2v) is 3.38. The maximum atomic E-state index is 8.98. The smallest absolute Gasteiger partial charge is 0.0524 e. The van der Waals surface area contributed by atoms with E-state index >= 15 is 0 Å². The first-order valence-electron chi connectivity index (χ1n) is 4.14. The third-order valence-corrected chi connectivity index (χ3v) is 1.53. The van der Waals surface area contributed by atoms with Gasteiger partial charge in [0.1, 0.15) is 0 Å². The monoisotopic (exact) mass is 160 g/mol. The fourth-order valence-electron chi connectivity index (χ4n) is 0.990. The molecule has 0 aromatic carbocycles. The summed E-state index contributed by atoms with van der Waals surface area (Å²) < 4.78 is 0. The third-order valence-electron chi connectivity index (χ3n) is 1.53. The molecule has 2 unspecified atom stereocenters. The predicted molar refractivity (Wildman–Crippen MR) is 47.4 cm³/mol. The summed E-state index contributed by atoms with van der Waals surface area (Å²) >= 11 is 0. The van der Waals surface area contributed by atoms with E-state index < -0.39 is 0 Å². The summed E-state index contributed by atoms with van der Waals surface area (Å²) in [7, 11) is 2.02. The van der Waals surface area contributed by atoms with E-state index in [4.69, 9.17) is 10.8 Å². The Balaban J connectivity index is 3.29. The van der Waals surface area contributed by atoms with Crippen LogP contribution in [0.5, 0.6) is 0 Å². The van der Waals surface area contributed by atoms with Crippen molar-refractivity contribution in [1.82, 2.24) is 4.90 Å². The van der Waals surface area contributed by atoms with Crippen LogP contribution in [0, 0.1) is 0 Å². The molecule has 0 aliphatic carbocycles. The first-order valence-corrected chi connectivity index (χ1v) is 4.14. The number of aliphatic hydroxyl groups is 1. The molecule has 0 amide bonds. The van der Waals surface area contributed by atoms with Crippen molar-refractivity contribution in [3.8, 4) is 0 Å². The molecule has 3 nitrogen and oxygen atoms in total. The molecule has 0 aliphatic rings. The van der Waals surface area contributed by atoms with Crippen LogP contribution < -0.4 is 5.73 Å². The summed E-state index contributed by atoms with van der Waals surface area (Å²) in [5.41, 5.74) is 5.60. The summed E-state index contributed by atoms with van der Waals surface area (Å²) in [6.07, 6.45) is 0.619. The van der Waals surface area contributed by atoms with Crippen molar-refractivity contribution in [2.45, 2.75) is 32.4 Å². The molecule has 0 heterocycles. The van der Waals surface area contributed by atoms with Crippen molar-refractivity contribution in [3.05, 3.63) is 0 Å². The lowest BCUT2D eigenvalue weighted by Gasteiger charge is -2.19. The summed E-state index contributed by atoms with van der Waals surface area (Å²) in [5.74, 6) is 0. The lowest BCUT2D eigenvalue weighted by Crippen LogP contribution is -2.34. The van der Waals surface area contributed by atoms with Gasteiger partial charge in [-0.1, -0.05) is 0 Å². The van der Waals surface area contributed by atoms with Gasteiger partial charge < -0.3 is 15.7 Å². The highest BCUT2D eigenvalue weighted by Gasteiger charge is 2.02. The average molecular weight is 160 g/mol. The molecule has 11 heavy (non-hydrogen) atoms. The van der Waals surface area contributed by atoms with Crippen LogP contribution in [0.15, 0.2) is 0 Å². The summed E-state index contributed by atoms with van der Waals surface area (Å²) in [6, 6.07) is 0.217. The van der Waals surface area contributed by atoms with Gasteiger partial charge in [0.2, 0.25) is 0 Å². The lowest BCUT2D eigenvalue weighted by atomic mass is 10.2. The third kappa shape index (κ3) is 7.78. The van der Waals surface area contributed by atoms with E-state index in [1.807, 2.05) is 14.0 Å². The van der Waals surface area contributed by atoms with E-state index in [1.165, 1.54) is 0 Å². The fraction of sp³-hybridized carbons (Fsp3) is 1.00. The molecule has 0 fully saturated rings. The van der Waals surface area contributed by atoms with Gasteiger partial charge in [0, 0.05) is 19.1 Å². The minimum absolute atomic E-state index is 0.203. The average Bonchev–Trinajstić information content (AvgIpc) is 1.82. The second-order valence-electron chi connectivity index (χ2n) is 3.38. The Labute approximate surface area is 69.2 Å². The summed E-state index contributed by atoms with van der Waals surface area (Å²) in [4.78, 5) is 2.14. The van der Waals surface area contributed by atoms with Crippen LogP contribution in [0.1, 0.15) is 20.3 Å². The molecule has 0 aromatic rings. The zero-order chi connectivity index (χ0) is 8.85. The molecule has 0 spiro atoms. The number of likely N-dealkylation sites (N-methyl/N-ethyl adjacent to an activating group) is 1. The van der Waals surface area contributed by atoms with Crippen LogP contribution >= 0.6 is 0 Å². The Morgan fingerprint density at radius 2 is 2.00 bits per heavy atom. The highest BCUT2D eigenvalue weighted by atomic mass is 16.3. The van der Waals surface area contributed by atoms with Gasteiger partial charge in [0.15, 0.2) is 0 Å². The minimum Gasteiger partial charge on any atom is -0.393 e. The number of hydrogen-bond acceptors (Lipinski definition) is 3. The maximum absolute atomic E-state index is 8.98. The standard InChI is InChI=1S/C8H20N2O/c1-7(9)6-10(3)5-4-8(2)11/h7-8,11H,4-6,9H2,1-3H3. The van der Waals surface area contributed by atoms with Crippen LogP contribution in [-0.4, -0.2) is 42.3 Å². The van der Waals surface area contributed by atoms with Crippen LogP contribution in [0.25, 0.3) is 0 Å². The minimum atomic E-state index is -0.203. The van der Waals surface area contributed by atoms with E-state index in [0.29, 0.717) is 0 Å². The molecule has 0 aromatic heterocycles. The Bertz CT molecular complexity index is 94.1. The zero-order valence-electron chi connectivity index (χ0n) is 7.75. The molecule has 0 bridgehead atoms. The Kier molecular flexibility index (Phi) is 5.46. The lowest BCUT2D eigenvalue weighted by molar-refractivity contribution is 0.163. The second kappa shape index (κ2) is 5.52. The normalized spacial score (nSPS) is 16.9. The van der Waals surface area contributed by atoms with Gasteiger partial charge in [0.05, 0.1) is 6.10 Å². The summed E-state index contributed by atoms with van der Waals surface area (Å²) in [6.45, 7) is 5.60. The molecule has 2 atom stereocenters. The van der Waals surface area contributed by atoms with E-state index in [0.717, 1.165) is 19.5 Å². The molecule has 0 saturated carbocycles. The van der Waals surface area contributed by atoms with Gasteiger partial charge in [-0.3, -0.25) is 0 Å². The quantitative estimate of drug-likeness (QED) is 0.597. The Hall–Kier alpha value is -0.120. The zero-order valence-corrected chi connectivity index (χ0v) is 7.75. The van der Waals surface area contributed by atoms with E-state index in [2.05, 4.69) is 4.90 Å². The molecule has 0 rings (SSSR count). The largest absolute Gasteiger partial charge is 0.393 e. The molecule has 3 N–H and O–H groups in total. The van der Waals surface area contributed by atoms with E-state index in [-0.39, 0.29) is 12.1 Å². The highest BCUT2D eigenvalue weighted by molar-refractivity contribution is 4.61. The molecular weight excluding hydrogens is 140 g/mol. The molecular formula is C8H20N2O. The highest BCUT2D eigenvalue weighted by Crippen LogP contribution is 1.93. The number of hydrogen-bond donors (Lipinski definition) is 2. The van der Waals surface area contributed by atoms with E-state index in [1.54, 1.807) is 6.92 Å². The molecule has 68 valence electrons. The predicted octanol–water partition coefficient (Wildman–Crippen LogP) is 0.0363. The van der Waals surface area contributed by atoms with Crippen molar-refractivity contribution >= 4 is 0 Å². The van der Waals surface area contributed by atoms with Gasteiger partial charge in [0.25, 0.3) is 0 Å².